The third-order valence-electron chi connectivity index (χ3n) is 6.42. The lowest BCUT2D eigenvalue weighted by atomic mass is 10.0. The number of aromatic hydroxyl groups is 2. The predicted octanol–water partition coefficient (Wildman–Crippen LogP) is 3.91. The fraction of sp³-hybridized carbons (Fsp3) is 0.417. The van der Waals surface area contributed by atoms with Crippen molar-refractivity contribution in [2.75, 3.05) is 18.4 Å². The van der Waals surface area contributed by atoms with Crippen LogP contribution in [0.25, 0.3) is 10.9 Å². The Morgan fingerprint density at radius 3 is 2.67 bits per heavy atom. The quantitative estimate of drug-likeness (QED) is 0.572. The third-order valence-corrected chi connectivity index (χ3v) is 6.42. The Bertz CT molecular complexity index is 1070. The van der Waals surface area contributed by atoms with Gasteiger partial charge in [-0.3, -0.25) is 14.9 Å². The summed E-state index contributed by atoms with van der Waals surface area (Å²) in [6.45, 7) is 5.05. The smallest absolute Gasteiger partial charge is 0.159 e. The maximum Gasteiger partial charge on any atom is 0.159 e. The Kier molecular flexibility index (Phi) is 4.95. The molecule has 0 radical (unpaired) electrons. The molecule has 1 aliphatic carbocycles. The Morgan fingerprint density at radius 2 is 1.90 bits per heavy atom. The predicted molar refractivity (Wildman–Crippen MR) is 118 cm³/mol. The topological polar surface area (TPSA) is 81.5 Å². The number of benzene rings is 1. The average Bonchev–Trinajstić information content (AvgIpc) is 3.21. The van der Waals surface area contributed by atoms with Crippen molar-refractivity contribution < 1.29 is 10.2 Å². The summed E-state index contributed by atoms with van der Waals surface area (Å²) in [4.78, 5) is 11.6. The molecular weight excluding hydrogens is 376 g/mol. The van der Waals surface area contributed by atoms with E-state index in [4.69, 9.17) is 4.98 Å². The number of aryl methyl sites for hydroxylation is 2. The average molecular weight is 405 g/mol. The highest BCUT2D eigenvalue weighted by Gasteiger charge is 2.25. The second kappa shape index (κ2) is 7.76. The highest BCUT2D eigenvalue weighted by Crippen LogP contribution is 2.39. The van der Waals surface area contributed by atoms with Gasteiger partial charge in [-0.1, -0.05) is 6.07 Å². The normalized spacial score (nSPS) is 17.4. The molecule has 2 aromatic heterocycles. The van der Waals surface area contributed by atoms with Crippen molar-refractivity contribution in [3.05, 3.63) is 53.0 Å². The van der Waals surface area contributed by atoms with Gasteiger partial charge in [0.15, 0.2) is 11.5 Å². The molecule has 6 heteroatoms. The van der Waals surface area contributed by atoms with Gasteiger partial charge in [-0.05, 0) is 62.3 Å². The first-order valence-corrected chi connectivity index (χ1v) is 10.8. The second-order valence-electron chi connectivity index (χ2n) is 8.63. The van der Waals surface area contributed by atoms with Crippen molar-refractivity contribution in [3.8, 4) is 11.5 Å². The maximum absolute atomic E-state index is 10.1. The van der Waals surface area contributed by atoms with Crippen molar-refractivity contribution in [1.29, 1.82) is 0 Å². The Labute approximate surface area is 176 Å². The zero-order valence-corrected chi connectivity index (χ0v) is 17.4. The number of aromatic nitrogens is 2. The first-order chi connectivity index (χ1) is 14.6. The lowest BCUT2D eigenvalue weighted by Gasteiger charge is -2.33. The minimum atomic E-state index is -0.113. The molecule has 1 fully saturated rings. The van der Waals surface area contributed by atoms with Crippen LogP contribution in [0, 0.1) is 6.92 Å². The Hall–Kier alpha value is -2.86. The molecule has 0 bridgehead atoms. The molecule has 0 amide bonds. The number of piperidine rings is 1. The van der Waals surface area contributed by atoms with Crippen LogP contribution in [-0.2, 0) is 19.4 Å². The zero-order chi connectivity index (χ0) is 20.7. The number of anilines is 1. The van der Waals surface area contributed by atoms with Gasteiger partial charge < -0.3 is 15.5 Å². The molecule has 30 heavy (non-hydrogen) atoms. The summed E-state index contributed by atoms with van der Waals surface area (Å²) in [5.41, 5.74) is 6.57. The monoisotopic (exact) mass is 404 g/mol. The summed E-state index contributed by atoms with van der Waals surface area (Å²) >= 11 is 0. The molecule has 0 unspecified atom stereocenters. The van der Waals surface area contributed by atoms with Gasteiger partial charge in [-0.2, -0.15) is 0 Å². The van der Waals surface area contributed by atoms with E-state index in [0.29, 0.717) is 6.04 Å². The van der Waals surface area contributed by atoms with E-state index >= 15 is 0 Å². The first kappa shape index (κ1) is 19.1. The van der Waals surface area contributed by atoms with Crippen LogP contribution >= 0.6 is 0 Å². The van der Waals surface area contributed by atoms with E-state index in [1.807, 2.05) is 13.1 Å². The van der Waals surface area contributed by atoms with Crippen LogP contribution in [0.15, 0.2) is 30.5 Å². The van der Waals surface area contributed by atoms with Crippen LogP contribution in [0.1, 0.15) is 41.8 Å². The van der Waals surface area contributed by atoms with E-state index in [0.717, 1.165) is 79.7 Å². The number of nitrogens with zero attached hydrogens (tertiary/aromatic N) is 3. The Balaban J connectivity index is 1.33. The molecule has 0 spiro atoms. The molecule has 6 nitrogen and oxygen atoms in total. The van der Waals surface area contributed by atoms with E-state index in [1.165, 1.54) is 11.1 Å². The number of fused-ring (bicyclic) bond motifs is 2. The van der Waals surface area contributed by atoms with Crippen molar-refractivity contribution in [1.82, 2.24) is 14.9 Å². The fourth-order valence-electron chi connectivity index (χ4n) is 4.74. The first-order valence-electron chi connectivity index (χ1n) is 10.8. The molecule has 1 aliphatic heterocycles. The molecule has 1 saturated heterocycles. The lowest BCUT2D eigenvalue weighted by molar-refractivity contribution is 0.211. The van der Waals surface area contributed by atoms with E-state index in [-0.39, 0.29) is 11.5 Å². The minimum absolute atomic E-state index is 0.0909. The SMILES string of the molecule is Cc1ccc(CN2CCC(Nc3c4c(nc5cc(O)c(O)cc35)CCC4)CC2)cn1. The molecule has 2 aliphatic rings. The zero-order valence-electron chi connectivity index (χ0n) is 17.4. The van der Waals surface area contributed by atoms with E-state index < -0.39 is 0 Å². The number of pyridine rings is 2. The summed E-state index contributed by atoms with van der Waals surface area (Å²) in [5, 5.41) is 24.7. The molecule has 3 heterocycles. The third kappa shape index (κ3) is 3.67. The van der Waals surface area contributed by atoms with Crippen LogP contribution in [-0.4, -0.2) is 44.2 Å². The summed E-state index contributed by atoms with van der Waals surface area (Å²) in [7, 11) is 0. The van der Waals surface area contributed by atoms with Gasteiger partial charge in [0.1, 0.15) is 0 Å². The number of nitrogens with one attached hydrogen (secondary N) is 1. The number of rotatable bonds is 4. The molecule has 0 atom stereocenters. The van der Waals surface area contributed by atoms with Gasteiger partial charge in [0.05, 0.1) is 5.52 Å². The number of phenolic OH excluding ortho intramolecular Hbond substituents is 2. The molecule has 5 rings (SSSR count). The van der Waals surface area contributed by atoms with E-state index in [2.05, 4.69) is 27.3 Å². The molecule has 1 aromatic carbocycles. The maximum atomic E-state index is 10.1. The van der Waals surface area contributed by atoms with Crippen LogP contribution < -0.4 is 5.32 Å². The molecule has 0 saturated carbocycles. The van der Waals surface area contributed by atoms with Crippen LogP contribution in [0.5, 0.6) is 11.5 Å². The van der Waals surface area contributed by atoms with Gasteiger partial charge in [0.2, 0.25) is 0 Å². The number of phenols is 2. The molecule has 3 aromatic rings. The standard InChI is InChI=1S/C24H28N4O2/c1-15-5-6-16(13-25-15)14-28-9-7-17(8-10-28)26-24-18-3-2-4-20(18)27-21-12-23(30)22(29)11-19(21)24/h5-6,11-13,17,29-30H,2-4,7-10,14H2,1H3,(H,26,27). The minimum Gasteiger partial charge on any atom is -0.504 e. The van der Waals surface area contributed by atoms with Gasteiger partial charge in [-0.25, -0.2) is 0 Å². The number of hydrogen-bond donors (Lipinski definition) is 3. The van der Waals surface area contributed by atoms with E-state index in [9.17, 15) is 10.2 Å². The number of likely N-dealkylation sites (tertiary alicyclic amines) is 1. The largest absolute Gasteiger partial charge is 0.504 e. The van der Waals surface area contributed by atoms with Crippen LogP contribution in [0.3, 0.4) is 0 Å². The van der Waals surface area contributed by atoms with Gasteiger partial charge in [-0.15, -0.1) is 0 Å². The van der Waals surface area contributed by atoms with Crippen molar-refractivity contribution in [2.24, 2.45) is 0 Å². The highest BCUT2D eigenvalue weighted by molar-refractivity contribution is 5.96. The highest BCUT2D eigenvalue weighted by atomic mass is 16.3. The van der Waals surface area contributed by atoms with Crippen LogP contribution in [0.2, 0.25) is 0 Å². The summed E-state index contributed by atoms with van der Waals surface area (Å²) in [6, 6.07) is 7.86. The molecular formula is C24H28N4O2. The van der Waals surface area contributed by atoms with Gasteiger partial charge >= 0.3 is 0 Å². The van der Waals surface area contributed by atoms with Crippen molar-refractivity contribution in [2.45, 2.75) is 51.6 Å². The second-order valence-corrected chi connectivity index (χ2v) is 8.63. The van der Waals surface area contributed by atoms with Crippen molar-refractivity contribution in [3.63, 3.8) is 0 Å². The van der Waals surface area contributed by atoms with Gasteiger partial charge in [0.25, 0.3) is 0 Å². The molecule has 156 valence electrons. The number of hydrogen-bond acceptors (Lipinski definition) is 6. The van der Waals surface area contributed by atoms with Crippen molar-refractivity contribution >= 4 is 16.6 Å². The summed E-state index contributed by atoms with van der Waals surface area (Å²) < 4.78 is 0. The van der Waals surface area contributed by atoms with Gasteiger partial charge in [0, 0.05) is 60.4 Å². The fourth-order valence-corrected chi connectivity index (χ4v) is 4.74. The Morgan fingerprint density at radius 1 is 1.10 bits per heavy atom. The molecule has 3 N–H and O–H groups in total. The summed E-state index contributed by atoms with van der Waals surface area (Å²) in [6.07, 6.45) is 7.22. The van der Waals surface area contributed by atoms with Crippen LogP contribution in [0.4, 0.5) is 5.69 Å². The lowest BCUT2D eigenvalue weighted by Crippen LogP contribution is -2.38. The summed E-state index contributed by atoms with van der Waals surface area (Å²) in [5.74, 6) is -0.204. The van der Waals surface area contributed by atoms with E-state index in [1.54, 1.807) is 12.1 Å².